The van der Waals surface area contributed by atoms with E-state index in [1.165, 1.54) is 17.5 Å². The molecule has 3 atom stereocenters. The lowest BCUT2D eigenvalue weighted by atomic mass is 9.80. The van der Waals surface area contributed by atoms with Crippen molar-refractivity contribution in [1.29, 1.82) is 0 Å². The molecule has 4 aromatic rings. The molecule has 2 heterocycles. The monoisotopic (exact) mass is 622 g/mol. The minimum Gasteiger partial charge on any atom is -0.342 e. The molecular weight excluding hydrogens is 580 g/mol. The van der Waals surface area contributed by atoms with E-state index in [4.69, 9.17) is 11.6 Å². The maximum atomic E-state index is 14.5. The minimum atomic E-state index is -0.268. The smallest absolute Gasteiger partial charge is 0.254 e. The van der Waals surface area contributed by atoms with Crippen molar-refractivity contribution in [3.63, 3.8) is 0 Å². The van der Waals surface area contributed by atoms with Crippen molar-refractivity contribution in [2.75, 3.05) is 33.2 Å². The Labute approximate surface area is 271 Å². The Bertz CT molecular complexity index is 1550. The molecule has 0 radical (unpaired) electrons. The van der Waals surface area contributed by atoms with Crippen LogP contribution >= 0.6 is 11.6 Å². The van der Waals surface area contributed by atoms with Gasteiger partial charge in [-0.2, -0.15) is 0 Å². The number of hydrogen-bond donors (Lipinski definition) is 2. The summed E-state index contributed by atoms with van der Waals surface area (Å²) < 4.78 is 0. The zero-order chi connectivity index (χ0) is 31.2. The number of nitrogens with one attached hydrogen (secondary N) is 2. The van der Waals surface area contributed by atoms with Crippen molar-refractivity contribution in [2.45, 2.75) is 50.2 Å². The van der Waals surface area contributed by atoms with Gasteiger partial charge in [0.2, 0.25) is 5.91 Å². The first-order chi connectivity index (χ1) is 22.0. The van der Waals surface area contributed by atoms with Crippen LogP contribution in [0.2, 0.25) is 5.02 Å². The molecular formula is C38H43ClN4O2. The number of halogens is 1. The summed E-state index contributed by atoms with van der Waals surface area (Å²) in [5.74, 6) is -0.0281. The first-order valence-corrected chi connectivity index (χ1v) is 16.7. The molecule has 2 N–H and O–H groups in total. The Balaban J connectivity index is 1.28. The fraction of sp³-hybridized carbons (Fsp3) is 0.368. The van der Waals surface area contributed by atoms with Crippen LogP contribution in [0.25, 0.3) is 10.8 Å². The largest absolute Gasteiger partial charge is 0.342 e. The highest BCUT2D eigenvalue weighted by Gasteiger charge is 2.38. The Morgan fingerprint density at radius 2 is 1.51 bits per heavy atom. The van der Waals surface area contributed by atoms with Crippen LogP contribution in [0.4, 0.5) is 0 Å². The summed E-state index contributed by atoms with van der Waals surface area (Å²) in [6, 6.07) is 32.4. The minimum absolute atomic E-state index is 0.0460. The van der Waals surface area contributed by atoms with Gasteiger partial charge in [0.1, 0.15) is 0 Å². The number of nitrogens with zero attached hydrogens (tertiary/aromatic N) is 2. The predicted molar refractivity (Wildman–Crippen MR) is 183 cm³/mol. The second-order valence-corrected chi connectivity index (χ2v) is 12.9. The standard InChI is InChI=1S/C38H43ClN4O2/c1-42(37(44)31-16-15-30-24-32(39)18-17-29(30)23-31)36-19-20-40-26-35(41-36)34(38(45)43-21-9-4-10-22-43)25-33(27-11-5-2-6-12-27)28-13-7-3-8-14-28/h2-3,5-8,11-18,23-24,33-36,40-41H,4,9-10,19-22,25-26H2,1H3/t34?,35-,36+/m1/s1. The molecule has 0 spiro atoms. The Morgan fingerprint density at radius 1 is 0.867 bits per heavy atom. The third-order valence-corrected chi connectivity index (χ3v) is 9.80. The van der Waals surface area contributed by atoms with Gasteiger partial charge in [-0.15, -0.1) is 0 Å². The highest BCUT2D eigenvalue weighted by Crippen LogP contribution is 2.34. The van der Waals surface area contributed by atoms with Crippen LogP contribution in [-0.4, -0.2) is 67.0 Å². The quantitative estimate of drug-likeness (QED) is 0.230. The van der Waals surface area contributed by atoms with Crippen LogP contribution in [0.15, 0.2) is 97.1 Å². The Kier molecular flexibility index (Phi) is 10.1. The van der Waals surface area contributed by atoms with Gasteiger partial charge in [0, 0.05) is 49.2 Å². The molecule has 2 saturated heterocycles. The van der Waals surface area contributed by atoms with E-state index in [0.29, 0.717) is 23.6 Å². The van der Waals surface area contributed by atoms with Gasteiger partial charge in [-0.05, 0) is 84.8 Å². The van der Waals surface area contributed by atoms with Gasteiger partial charge in [-0.25, -0.2) is 0 Å². The van der Waals surface area contributed by atoms with Gasteiger partial charge in [0.25, 0.3) is 5.91 Å². The van der Waals surface area contributed by atoms with Gasteiger partial charge in [0.15, 0.2) is 0 Å². The summed E-state index contributed by atoms with van der Waals surface area (Å²) in [6.45, 7) is 3.04. The SMILES string of the molecule is CN(C(=O)c1ccc2cc(Cl)ccc2c1)[C@H]1CCNC[C@H](C(CC(c2ccccc2)c2ccccc2)C(=O)N2CCCCC2)N1. The van der Waals surface area contributed by atoms with Gasteiger partial charge in [0.05, 0.1) is 12.1 Å². The van der Waals surface area contributed by atoms with Crippen LogP contribution in [-0.2, 0) is 4.79 Å². The first kappa shape index (κ1) is 31.3. The lowest BCUT2D eigenvalue weighted by Crippen LogP contribution is -2.56. The van der Waals surface area contributed by atoms with Crippen LogP contribution < -0.4 is 10.6 Å². The zero-order valence-corrected chi connectivity index (χ0v) is 26.8. The molecule has 0 aliphatic carbocycles. The number of hydrogen-bond acceptors (Lipinski definition) is 4. The van der Waals surface area contributed by atoms with E-state index >= 15 is 0 Å². The number of carbonyl (C=O) groups excluding carboxylic acids is 2. The zero-order valence-electron chi connectivity index (χ0n) is 26.0. The van der Waals surface area contributed by atoms with E-state index in [1.807, 2.05) is 60.5 Å². The lowest BCUT2D eigenvalue weighted by molar-refractivity contribution is -0.138. The maximum absolute atomic E-state index is 14.5. The summed E-state index contributed by atoms with van der Waals surface area (Å²) >= 11 is 6.18. The van der Waals surface area contributed by atoms with Crippen LogP contribution in [0.1, 0.15) is 59.5 Å². The average molecular weight is 623 g/mol. The summed E-state index contributed by atoms with van der Waals surface area (Å²) in [5, 5.41) is 10.1. The third-order valence-electron chi connectivity index (χ3n) is 9.57. The summed E-state index contributed by atoms with van der Waals surface area (Å²) in [5.41, 5.74) is 3.06. The molecule has 2 aliphatic heterocycles. The van der Waals surface area contributed by atoms with E-state index in [2.05, 4.69) is 64.1 Å². The summed E-state index contributed by atoms with van der Waals surface area (Å²) in [4.78, 5) is 32.2. The molecule has 6 nitrogen and oxygen atoms in total. The highest BCUT2D eigenvalue weighted by molar-refractivity contribution is 6.31. The van der Waals surface area contributed by atoms with Crippen molar-refractivity contribution in [3.8, 4) is 0 Å². The van der Waals surface area contributed by atoms with Gasteiger partial charge in [-0.1, -0.05) is 84.4 Å². The van der Waals surface area contributed by atoms with Crippen molar-refractivity contribution < 1.29 is 9.59 Å². The number of carbonyl (C=O) groups is 2. The Morgan fingerprint density at radius 3 is 2.20 bits per heavy atom. The second-order valence-electron chi connectivity index (χ2n) is 12.5. The topological polar surface area (TPSA) is 64.7 Å². The lowest BCUT2D eigenvalue weighted by Gasteiger charge is -2.38. The Hall–Kier alpha value is -3.71. The number of amides is 2. The second kappa shape index (κ2) is 14.6. The van der Waals surface area contributed by atoms with E-state index in [1.54, 1.807) is 0 Å². The fourth-order valence-electron chi connectivity index (χ4n) is 7.02. The molecule has 7 heteroatoms. The number of benzene rings is 4. The fourth-order valence-corrected chi connectivity index (χ4v) is 7.20. The molecule has 4 aromatic carbocycles. The molecule has 234 valence electrons. The number of likely N-dealkylation sites (tertiary alicyclic amines) is 1. The molecule has 0 saturated carbocycles. The molecule has 0 bridgehead atoms. The van der Waals surface area contributed by atoms with Crippen molar-refractivity contribution >= 4 is 34.2 Å². The van der Waals surface area contributed by atoms with Gasteiger partial charge < -0.3 is 15.1 Å². The number of rotatable bonds is 8. The first-order valence-electron chi connectivity index (χ1n) is 16.3. The molecule has 2 amide bonds. The van der Waals surface area contributed by atoms with Gasteiger partial charge in [-0.3, -0.25) is 14.9 Å². The molecule has 45 heavy (non-hydrogen) atoms. The van der Waals surface area contributed by atoms with E-state index in [9.17, 15) is 9.59 Å². The van der Waals surface area contributed by atoms with Crippen molar-refractivity contribution in [1.82, 2.24) is 20.4 Å². The number of piperidine rings is 1. The maximum Gasteiger partial charge on any atom is 0.254 e. The molecule has 6 rings (SSSR count). The third kappa shape index (κ3) is 7.41. The normalized spacial score (nSPS) is 19.7. The molecule has 2 aliphatic rings. The van der Waals surface area contributed by atoms with E-state index < -0.39 is 0 Å². The summed E-state index contributed by atoms with van der Waals surface area (Å²) in [6.07, 6.45) is 4.47. The van der Waals surface area contributed by atoms with Crippen LogP contribution in [0, 0.1) is 5.92 Å². The van der Waals surface area contributed by atoms with Crippen molar-refractivity contribution in [3.05, 3.63) is 119 Å². The highest BCUT2D eigenvalue weighted by atomic mass is 35.5. The molecule has 2 fully saturated rings. The average Bonchev–Trinajstić information content (AvgIpc) is 3.35. The van der Waals surface area contributed by atoms with E-state index in [0.717, 1.165) is 49.7 Å². The predicted octanol–water partition coefficient (Wildman–Crippen LogP) is 6.69. The molecule has 1 unspecified atom stereocenters. The van der Waals surface area contributed by atoms with Gasteiger partial charge >= 0.3 is 0 Å². The molecule has 0 aromatic heterocycles. The van der Waals surface area contributed by atoms with Crippen LogP contribution in [0.3, 0.4) is 0 Å². The van der Waals surface area contributed by atoms with E-state index in [-0.39, 0.29) is 35.9 Å². The van der Waals surface area contributed by atoms with Crippen LogP contribution in [0.5, 0.6) is 0 Å². The van der Waals surface area contributed by atoms with Crippen molar-refractivity contribution in [2.24, 2.45) is 5.92 Å². The summed E-state index contributed by atoms with van der Waals surface area (Å²) in [7, 11) is 1.87. The number of fused-ring (bicyclic) bond motifs is 1.